The monoisotopic (exact) mass is 346 g/mol. The molecule has 1 aliphatic carbocycles. The second-order valence-corrected chi connectivity index (χ2v) is 5.86. The number of carbonyl (C=O) groups excluding carboxylic acids is 1. The number of rotatable bonds is 2. The Kier molecular flexibility index (Phi) is 3.37. The Labute approximate surface area is 111 Å². The number of amides is 1. The summed E-state index contributed by atoms with van der Waals surface area (Å²) in [5, 5.41) is 2.85. The predicted molar refractivity (Wildman–Crippen MR) is 71.2 cm³/mol. The van der Waals surface area contributed by atoms with Gasteiger partial charge in [-0.25, -0.2) is 0 Å². The third-order valence-corrected chi connectivity index (χ3v) is 4.03. The molecule has 1 saturated carbocycles. The highest BCUT2D eigenvalue weighted by atomic mass is 79.9. The van der Waals surface area contributed by atoms with Crippen LogP contribution in [0.5, 0.6) is 0 Å². The van der Waals surface area contributed by atoms with Crippen LogP contribution in [0.4, 0.5) is 5.69 Å². The first-order valence-corrected chi connectivity index (χ1v) is 6.65. The number of nitrogens with one attached hydrogen (secondary N) is 1. The van der Waals surface area contributed by atoms with Crippen molar-refractivity contribution in [2.75, 3.05) is 5.32 Å². The zero-order chi connectivity index (χ0) is 11.8. The van der Waals surface area contributed by atoms with Crippen LogP contribution in [-0.2, 0) is 4.79 Å². The molecule has 1 aromatic carbocycles. The molecule has 0 bridgehead atoms. The molecule has 0 unspecified atom stereocenters. The summed E-state index contributed by atoms with van der Waals surface area (Å²) in [5.74, 6) is -0.0956. The molecule has 16 heavy (non-hydrogen) atoms. The van der Waals surface area contributed by atoms with Crippen molar-refractivity contribution >= 4 is 43.5 Å². The number of benzene rings is 1. The van der Waals surface area contributed by atoms with Crippen LogP contribution < -0.4 is 11.1 Å². The number of nitrogens with two attached hydrogens (primary N) is 1. The molecule has 1 fully saturated rings. The molecule has 5 heteroatoms. The van der Waals surface area contributed by atoms with E-state index in [1.165, 1.54) is 0 Å². The van der Waals surface area contributed by atoms with Crippen molar-refractivity contribution in [3.8, 4) is 0 Å². The maximum atomic E-state index is 11.9. The second-order valence-electron chi connectivity index (χ2n) is 4.09. The Balaban J connectivity index is 2.12. The van der Waals surface area contributed by atoms with E-state index in [0.29, 0.717) is 0 Å². The second kappa shape index (κ2) is 4.47. The lowest BCUT2D eigenvalue weighted by atomic mass is 9.77. The molecule has 0 aromatic heterocycles. The van der Waals surface area contributed by atoms with Gasteiger partial charge in [0.05, 0.1) is 11.2 Å². The van der Waals surface area contributed by atoms with Crippen LogP contribution in [0, 0.1) is 0 Å². The zero-order valence-corrected chi connectivity index (χ0v) is 11.8. The lowest BCUT2D eigenvalue weighted by molar-refractivity contribution is -0.123. The highest BCUT2D eigenvalue weighted by molar-refractivity contribution is 9.11. The lowest BCUT2D eigenvalue weighted by Gasteiger charge is -2.36. The normalized spacial score (nSPS) is 17.7. The Morgan fingerprint density at radius 2 is 2.06 bits per heavy atom. The quantitative estimate of drug-likeness (QED) is 0.863. The van der Waals surface area contributed by atoms with Gasteiger partial charge in [-0.05, 0) is 53.4 Å². The number of halogens is 2. The van der Waals surface area contributed by atoms with E-state index in [1.54, 1.807) is 0 Å². The fourth-order valence-electron chi connectivity index (χ4n) is 1.62. The van der Waals surface area contributed by atoms with E-state index in [2.05, 4.69) is 37.2 Å². The fourth-order valence-corrected chi connectivity index (χ4v) is 2.77. The molecular weight excluding hydrogens is 336 g/mol. The molecule has 3 N–H and O–H groups in total. The van der Waals surface area contributed by atoms with E-state index in [0.717, 1.165) is 33.9 Å². The molecule has 0 radical (unpaired) electrons. The molecule has 3 nitrogen and oxygen atoms in total. The largest absolute Gasteiger partial charge is 0.323 e. The van der Waals surface area contributed by atoms with Crippen LogP contribution in [0.2, 0.25) is 0 Å². The van der Waals surface area contributed by atoms with Crippen molar-refractivity contribution in [3.05, 3.63) is 27.1 Å². The minimum atomic E-state index is -0.660. The van der Waals surface area contributed by atoms with E-state index < -0.39 is 5.54 Å². The Morgan fingerprint density at radius 1 is 1.38 bits per heavy atom. The van der Waals surface area contributed by atoms with Crippen LogP contribution in [0.1, 0.15) is 19.3 Å². The first-order chi connectivity index (χ1) is 7.51. The molecule has 0 saturated heterocycles. The van der Waals surface area contributed by atoms with Crippen molar-refractivity contribution in [2.24, 2.45) is 5.73 Å². The fraction of sp³-hybridized carbons (Fsp3) is 0.364. The molecule has 0 atom stereocenters. The van der Waals surface area contributed by atoms with Crippen LogP contribution in [0.3, 0.4) is 0 Å². The minimum absolute atomic E-state index is 0.0956. The third kappa shape index (κ3) is 2.31. The molecule has 0 aliphatic heterocycles. The maximum absolute atomic E-state index is 11.9. The van der Waals surface area contributed by atoms with Gasteiger partial charge in [0.15, 0.2) is 0 Å². The standard InChI is InChI=1S/C11H12Br2N2O/c12-7-2-3-9(8(13)6-7)15-10(16)11(14)4-1-5-11/h2-3,6H,1,4-5,14H2,(H,15,16). The predicted octanol–water partition coefficient (Wildman–Crippen LogP) is 3.03. The van der Waals surface area contributed by atoms with Crippen molar-refractivity contribution in [1.29, 1.82) is 0 Å². The van der Waals surface area contributed by atoms with Crippen molar-refractivity contribution in [2.45, 2.75) is 24.8 Å². The molecule has 1 aliphatic rings. The number of carbonyl (C=O) groups is 1. The highest BCUT2D eigenvalue weighted by Crippen LogP contribution is 2.32. The number of hydrogen-bond donors (Lipinski definition) is 2. The molecule has 1 amide bonds. The molecule has 0 spiro atoms. The summed E-state index contributed by atoms with van der Waals surface area (Å²) in [6.45, 7) is 0. The van der Waals surface area contributed by atoms with Gasteiger partial charge in [-0.3, -0.25) is 4.79 Å². The van der Waals surface area contributed by atoms with E-state index in [9.17, 15) is 4.79 Å². The minimum Gasteiger partial charge on any atom is -0.323 e. The van der Waals surface area contributed by atoms with Crippen molar-refractivity contribution < 1.29 is 4.79 Å². The summed E-state index contributed by atoms with van der Waals surface area (Å²) in [5.41, 5.74) is 6.03. The van der Waals surface area contributed by atoms with Gasteiger partial charge >= 0.3 is 0 Å². The average Bonchev–Trinajstić information content (AvgIpc) is 2.18. The third-order valence-electron chi connectivity index (χ3n) is 2.88. The van der Waals surface area contributed by atoms with E-state index in [1.807, 2.05) is 18.2 Å². The first kappa shape index (κ1) is 12.1. The van der Waals surface area contributed by atoms with Crippen LogP contribution in [-0.4, -0.2) is 11.4 Å². The maximum Gasteiger partial charge on any atom is 0.244 e. The highest BCUT2D eigenvalue weighted by Gasteiger charge is 2.40. The number of anilines is 1. The summed E-state index contributed by atoms with van der Waals surface area (Å²) < 4.78 is 1.81. The molecule has 0 heterocycles. The van der Waals surface area contributed by atoms with Gasteiger partial charge in [0, 0.05) is 8.95 Å². The lowest BCUT2D eigenvalue weighted by Crippen LogP contribution is -2.56. The summed E-state index contributed by atoms with van der Waals surface area (Å²) in [6.07, 6.45) is 2.57. The molecule has 1 aromatic rings. The Hall–Kier alpha value is -0.390. The summed E-state index contributed by atoms with van der Waals surface area (Å²) in [6, 6.07) is 5.61. The number of hydrogen-bond acceptors (Lipinski definition) is 2. The molecular formula is C11H12Br2N2O. The Morgan fingerprint density at radius 3 is 2.56 bits per heavy atom. The van der Waals surface area contributed by atoms with Gasteiger partial charge < -0.3 is 11.1 Å². The van der Waals surface area contributed by atoms with Crippen LogP contribution in [0.25, 0.3) is 0 Å². The first-order valence-electron chi connectivity index (χ1n) is 5.07. The van der Waals surface area contributed by atoms with Crippen molar-refractivity contribution in [3.63, 3.8) is 0 Å². The summed E-state index contributed by atoms with van der Waals surface area (Å²) >= 11 is 6.76. The summed E-state index contributed by atoms with van der Waals surface area (Å²) in [7, 11) is 0. The van der Waals surface area contributed by atoms with E-state index in [-0.39, 0.29) is 5.91 Å². The smallest absolute Gasteiger partial charge is 0.244 e. The topological polar surface area (TPSA) is 55.1 Å². The van der Waals surface area contributed by atoms with Gasteiger partial charge in [-0.1, -0.05) is 15.9 Å². The van der Waals surface area contributed by atoms with Gasteiger partial charge in [-0.15, -0.1) is 0 Å². The SMILES string of the molecule is NC1(C(=O)Nc2ccc(Br)cc2Br)CCC1. The zero-order valence-electron chi connectivity index (χ0n) is 8.59. The van der Waals surface area contributed by atoms with E-state index >= 15 is 0 Å². The van der Waals surface area contributed by atoms with Gasteiger partial charge in [0.25, 0.3) is 0 Å². The van der Waals surface area contributed by atoms with Crippen LogP contribution in [0.15, 0.2) is 27.1 Å². The summed E-state index contributed by atoms with van der Waals surface area (Å²) in [4.78, 5) is 11.9. The van der Waals surface area contributed by atoms with Crippen molar-refractivity contribution in [1.82, 2.24) is 0 Å². The average molecular weight is 348 g/mol. The van der Waals surface area contributed by atoms with Gasteiger partial charge in [0.1, 0.15) is 0 Å². The molecule has 2 rings (SSSR count). The van der Waals surface area contributed by atoms with Gasteiger partial charge in [0.2, 0.25) is 5.91 Å². The van der Waals surface area contributed by atoms with E-state index in [4.69, 9.17) is 5.73 Å². The van der Waals surface area contributed by atoms with Gasteiger partial charge in [-0.2, -0.15) is 0 Å². The van der Waals surface area contributed by atoms with Crippen LogP contribution >= 0.6 is 31.9 Å². The molecule has 86 valence electrons. The Bertz CT molecular complexity index is 430.